The summed E-state index contributed by atoms with van der Waals surface area (Å²) in [5, 5.41) is 17.8. The van der Waals surface area contributed by atoms with Gasteiger partial charge in [0.25, 0.3) is 5.09 Å². The Bertz CT molecular complexity index is 321. The maximum atomic E-state index is 10.9. The molecule has 2 heterocycles. The van der Waals surface area contributed by atoms with Gasteiger partial charge in [0.1, 0.15) is 18.8 Å². The van der Waals surface area contributed by atoms with Crippen molar-refractivity contribution in [2.24, 2.45) is 0 Å². The second-order valence-electron chi connectivity index (χ2n) is 3.65. The van der Waals surface area contributed by atoms with Gasteiger partial charge >= 0.3 is 5.97 Å². The smallest absolute Gasteiger partial charge is 0.332 e. The Morgan fingerprint density at radius 2 is 1.94 bits per heavy atom. The maximum absolute atomic E-state index is 10.9. The van der Waals surface area contributed by atoms with Crippen molar-refractivity contribution in [3.05, 3.63) is 10.1 Å². The molecule has 0 radical (unpaired) electrons. The fourth-order valence-electron chi connectivity index (χ4n) is 1.94. The highest BCUT2D eigenvalue weighted by molar-refractivity contribution is 5.70. The lowest BCUT2D eigenvalue weighted by Gasteiger charge is -2.15. The average molecular weight is 249 g/mol. The molecule has 0 bridgehead atoms. The highest BCUT2D eigenvalue weighted by Crippen LogP contribution is 2.30. The zero-order valence-corrected chi connectivity index (χ0v) is 8.68. The molecule has 2 fully saturated rings. The molecule has 0 amide bonds. The van der Waals surface area contributed by atoms with Crippen molar-refractivity contribution in [1.29, 1.82) is 0 Å². The van der Waals surface area contributed by atoms with E-state index in [0.717, 1.165) is 0 Å². The highest BCUT2D eigenvalue weighted by atomic mass is 17.0. The SMILES string of the molecule is O=C(CO)O[C@H]1CO[C@H]2[C@@H]1OC[C@H]2O[N+](=O)[O-]. The second-order valence-corrected chi connectivity index (χ2v) is 3.65. The van der Waals surface area contributed by atoms with Crippen LogP contribution in [-0.4, -0.2) is 60.4 Å². The molecule has 2 rings (SSSR count). The number of aliphatic hydroxyl groups excluding tert-OH is 1. The molecule has 2 saturated heterocycles. The standard InChI is InChI=1S/C8H11NO8/c10-1-6(11)16-4-2-14-8-5(17-9(12)13)3-15-7(4)8/h4-5,7-8,10H,1-3H2/t4-,5+,7+,8+/m0/s1. The quantitative estimate of drug-likeness (QED) is 0.354. The molecular weight excluding hydrogens is 238 g/mol. The van der Waals surface area contributed by atoms with Crippen LogP contribution in [0.2, 0.25) is 0 Å². The van der Waals surface area contributed by atoms with E-state index >= 15 is 0 Å². The number of ether oxygens (including phenoxy) is 3. The Morgan fingerprint density at radius 3 is 2.53 bits per heavy atom. The molecule has 0 saturated carbocycles. The van der Waals surface area contributed by atoms with Crippen molar-refractivity contribution in [3.8, 4) is 0 Å². The molecule has 0 aromatic heterocycles. The van der Waals surface area contributed by atoms with Crippen LogP contribution in [0.1, 0.15) is 0 Å². The summed E-state index contributed by atoms with van der Waals surface area (Å²) in [7, 11) is 0. The van der Waals surface area contributed by atoms with Crippen LogP contribution in [0.15, 0.2) is 0 Å². The number of aliphatic hydroxyl groups is 1. The minimum absolute atomic E-state index is 0.00346. The van der Waals surface area contributed by atoms with Crippen LogP contribution in [0.5, 0.6) is 0 Å². The molecule has 1 N–H and O–H groups in total. The van der Waals surface area contributed by atoms with Gasteiger partial charge in [0.2, 0.25) is 0 Å². The van der Waals surface area contributed by atoms with Gasteiger partial charge in [-0.05, 0) is 0 Å². The Labute approximate surface area is 95.3 Å². The molecule has 0 aromatic carbocycles. The van der Waals surface area contributed by atoms with E-state index in [2.05, 4.69) is 4.84 Å². The lowest BCUT2D eigenvalue weighted by molar-refractivity contribution is -0.769. The number of carbonyl (C=O) groups is 1. The number of fused-ring (bicyclic) bond motifs is 1. The third-order valence-electron chi connectivity index (χ3n) is 2.60. The largest absolute Gasteiger partial charge is 0.455 e. The van der Waals surface area contributed by atoms with Crippen molar-refractivity contribution in [3.63, 3.8) is 0 Å². The first-order chi connectivity index (χ1) is 8.11. The molecule has 17 heavy (non-hydrogen) atoms. The van der Waals surface area contributed by atoms with E-state index in [1.54, 1.807) is 0 Å². The predicted molar refractivity (Wildman–Crippen MR) is 48.3 cm³/mol. The minimum atomic E-state index is -0.910. The van der Waals surface area contributed by atoms with Crippen molar-refractivity contribution >= 4 is 5.97 Å². The first-order valence-corrected chi connectivity index (χ1v) is 4.96. The topological polar surface area (TPSA) is 117 Å². The number of rotatable bonds is 4. The average Bonchev–Trinajstić information content (AvgIpc) is 2.83. The van der Waals surface area contributed by atoms with Gasteiger partial charge in [0.15, 0.2) is 12.2 Å². The summed E-state index contributed by atoms with van der Waals surface area (Å²) in [6, 6.07) is 0. The molecule has 0 spiro atoms. The highest BCUT2D eigenvalue weighted by Gasteiger charge is 2.51. The zero-order chi connectivity index (χ0) is 12.4. The van der Waals surface area contributed by atoms with Gasteiger partial charge in [-0.15, -0.1) is 10.1 Å². The molecule has 2 aliphatic rings. The summed E-state index contributed by atoms with van der Waals surface area (Å²) in [5.41, 5.74) is 0. The third-order valence-corrected chi connectivity index (χ3v) is 2.60. The van der Waals surface area contributed by atoms with Crippen molar-refractivity contribution < 1.29 is 34.0 Å². The normalized spacial score (nSPS) is 35.4. The van der Waals surface area contributed by atoms with E-state index in [1.807, 2.05) is 0 Å². The summed E-state index contributed by atoms with van der Waals surface area (Å²) in [5.74, 6) is -0.790. The summed E-state index contributed by atoms with van der Waals surface area (Å²) in [6.45, 7) is -0.662. The van der Waals surface area contributed by atoms with E-state index in [0.29, 0.717) is 0 Å². The zero-order valence-electron chi connectivity index (χ0n) is 8.68. The van der Waals surface area contributed by atoms with Gasteiger partial charge in [-0.2, -0.15) is 0 Å². The molecule has 9 nitrogen and oxygen atoms in total. The molecule has 4 atom stereocenters. The molecule has 2 aliphatic heterocycles. The summed E-state index contributed by atoms with van der Waals surface area (Å²) < 4.78 is 15.3. The number of esters is 1. The van der Waals surface area contributed by atoms with Gasteiger partial charge in [-0.3, -0.25) is 0 Å². The van der Waals surface area contributed by atoms with Crippen LogP contribution >= 0.6 is 0 Å². The van der Waals surface area contributed by atoms with Crippen LogP contribution < -0.4 is 0 Å². The molecule has 96 valence electrons. The van der Waals surface area contributed by atoms with E-state index in [9.17, 15) is 14.9 Å². The number of carbonyl (C=O) groups excluding carboxylic acids is 1. The van der Waals surface area contributed by atoms with Crippen LogP contribution in [0, 0.1) is 10.1 Å². The molecular formula is C8H11NO8. The molecule has 9 heteroatoms. The van der Waals surface area contributed by atoms with Gasteiger partial charge in [-0.25, -0.2) is 4.79 Å². The maximum Gasteiger partial charge on any atom is 0.332 e. The number of hydrogen-bond donors (Lipinski definition) is 1. The molecule has 0 aliphatic carbocycles. The number of hydrogen-bond acceptors (Lipinski definition) is 8. The third kappa shape index (κ3) is 2.46. The van der Waals surface area contributed by atoms with E-state index in [-0.39, 0.29) is 13.2 Å². The predicted octanol–water partition coefficient (Wildman–Crippen LogP) is -1.73. The lowest BCUT2D eigenvalue weighted by atomic mass is 10.1. The fourth-order valence-corrected chi connectivity index (χ4v) is 1.94. The van der Waals surface area contributed by atoms with Crippen LogP contribution in [0.3, 0.4) is 0 Å². The monoisotopic (exact) mass is 249 g/mol. The van der Waals surface area contributed by atoms with Crippen LogP contribution in [0.4, 0.5) is 0 Å². The molecule has 0 unspecified atom stereocenters. The lowest BCUT2D eigenvalue weighted by Crippen LogP contribution is -2.36. The Morgan fingerprint density at radius 1 is 1.35 bits per heavy atom. The van der Waals surface area contributed by atoms with Crippen molar-refractivity contribution in [2.75, 3.05) is 19.8 Å². The fraction of sp³-hybridized carbons (Fsp3) is 0.875. The summed E-state index contributed by atoms with van der Waals surface area (Å²) in [4.78, 5) is 25.5. The van der Waals surface area contributed by atoms with Gasteiger partial charge in [0.05, 0.1) is 13.2 Å². The first-order valence-electron chi connectivity index (χ1n) is 4.96. The Balaban J connectivity index is 1.92. The van der Waals surface area contributed by atoms with Gasteiger partial charge < -0.3 is 24.2 Å². The minimum Gasteiger partial charge on any atom is -0.455 e. The van der Waals surface area contributed by atoms with Gasteiger partial charge in [-0.1, -0.05) is 0 Å². The van der Waals surface area contributed by atoms with Gasteiger partial charge in [0, 0.05) is 0 Å². The van der Waals surface area contributed by atoms with Crippen molar-refractivity contribution in [1.82, 2.24) is 0 Å². The van der Waals surface area contributed by atoms with Crippen LogP contribution in [-0.2, 0) is 23.8 Å². The van der Waals surface area contributed by atoms with Crippen molar-refractivity contribution in [2.45, 2.75) is 24.4 Å². The summed E-state index contributed by atoms with van der Waals surface area (Å²) in [6.07, 6.45) is -2.69. The van der Waals surface area contributed by atoms with E-state index in [4.69, 9.17) is 19.3 Å². The first kappa shape index (κ1) is 12.0. The summed E-state index contributed by atoms with van der Waals surface area (Å²) >= 11 is 0. The Kier molecular flexibility index (Phi) is 3.41. The Hall–Kier alpha value is -1.45. The van der Waals surface area contributed by atoms with Crippen LogP contribution in [0.25, 0.3) is 0 Å². The number of nitrogens with zero attached hydrogens (tertiary/aromatic N) is 1. The molecule has 0 aromatic rings. The van der Waals surface area contributed by atoms with E-state index < -0.39 is 42.1 Å². The van der Waals surface area contributed by atoms with E-state index in [1.165, 1.54) is 0 Å². The second kappa shape index (κ2) is 4.82.